The minimum Gasteiger partial charge on any atom is -0.481 e. The van der Waals surface area contributed by atoms with E-state index in [1.54, 1.807) is 7.05 Å². The Kier molecular flexibility index (Phi) is 8.11. The summed E-state index contributed by atoms with van der Waals surface area (Å²) in [6.07, 6.45) is 5.36. The maximum Gasteiger partial charge on any atom is 0.309 e. The van der Waals surface area contributed by atoms with Crippen LogP contribution in [0.1, 0.15) is 72.3 Å². The van der Waals surface area contributed by atoms with Crippen molar-refractivity contribution in [2.45, 2.75) is 57.8 Å². The molecule has 1 aliphatic heterocycles. The Morgan fingerprint density at radius 2 is 1.83 bits per heavy atom. The number of aliphatic carboxylic acids is 1. The highest BCUT2D eigenvalue weighted by Crippen LogP contribution is 2.47. The van der Waals surface area contributed by atoms with Gasteiger partial charge in [-0.15, -0.1) is 0 Å². The van der Waals surface area contributed by atoms with Crippen molar-refractivity contribution in [1.29, 1.82) is 0 Å². The summed E-state index contributed by atoms with van der Waals surface area (Å²) in [6.45, 7) is 2.98. The number of nitrogens with zero attached hydrogens (tertiary/aromatic N) is 2. The van der Waals surface area contributed by atoms with Gasteiger partial charge >= 0.3 is 5.97 Å². The average Bonchev–Trinajstić information content (AvgIpc) is 3.72. The summed E-state index contributed by atoms with van der Waals surface area (Å²) in [5.74, 6) is -0.297. The van der Waals surface area contributed by atoms with Crippen molar-refractivity contribution in [1.82, 2.24) is 10.3 Å². The number of hydrogen-bond donors (Lipinski definition) is 2. The molecule has 1 saturated heterocycles. The zero-order valence-electron chi connectivity index (χ0n) is 23.7. The molecule has 0 unspecified atom stereocenters. The van der Waals surface area contributed by atoms with Gasteiger partial charge in [-0.05, 0) is 63.0 Å². The second kappa shape index (κ2) is 11.4. The summed E-state index contributed by atoms with van der Waals surface area (Å²) < 4.78 is 39.0. The summed E-state index contributed by atoms with van der Waals surface area (Å²) in [5, 5.41) is 13.1. The molecule has 1 aromatic carbocycles. The number of aromatic nitrogens is 1. The Labute approximate surface area is 240 Å². The molecule has 2 fully saturated rings. The van der Waals surface area contributed by atoms with Crippen LogP contribution < -0.4 is 9.62 Å². The minimum absolute atomic E-state index is 0.138. The van der Waals surface area contributed by atoms with Crippen LogP contribution >= 0.6 is 0 Å². The van der Waals surface area contributed by atoms with Crippen molar-refractivity contribution in [2.24, 2.45) is 5.41 Å². The lowest BCUT2D eigenvalue weighted by atomic mass is 9.76. The Bertz CT molecular complexity index is 1550. The number of benzene rings is 1. The highest BCUT2D eigenvalue weighted by molar-refractivity contribution is 7.92. The summed E-state index contributed by atoms with van der Waals surface area (Å²) in [7, 11) is -2.16. The van der Waals surface area contributed by atoms with Crippen LogP contribution in [0.2, 0.25) is 0 Å². The second-order valence-electron chi connectivity index (χ2n) is 11.3. The summed E-state index contributed by atoms with van der Waals surface area (Å²) in [4.78, 5) is 29.8. The smallest absolute Gasteiger partial charge is 0.309 e. The first-order valence-electron chi connectivity index (χ1n) is 14.1. The van der Waals surface area contributed by atoms with E-state index >= 15 is 0 Å². The first-order chi connectivity index (χ1) is 19.5. The van der Waals surface area contributed by atoms with Crippen LogP contribution in [-0.4, -0.2) is 63.4 Å². The van der Waals surface area contributed by atoms with Crippen LogP contribution in [0.5, 0.6) is 0 Å². The maximum atomic E-state index is 13.1. The van der Waals surface area contributed by atoms with E-state index in [1.807, 2.05) is 37.3 Å². The monoisotopic (exact) mass is 583 g/mol. The molecule has 41 heavy (non-hydrogen) atoms. The highest BCUT2D eigenvalue weighted by Gasteiger charge is 2.40. The number of rotatable bonds is 11. The van der Waals surface area contributed by atoms with Gasteiger partial charge in [-0.2, -0.15) is 4.98 Å². The van der Waals surface area contributed by atoms with E-state index in [2.05, 4.69) is 5.32 Å². The van der Waals surface area contributed by atoms with E-state index in [0.717, 1.165) is 35.8 Å². The number of hydrogen-bond acceptors (Lipinski definition) is 7. The van der Waals surface area contributed by atoms with Gasteiger partial charge in [-0.25, -0.2) is 8.42 Å². The van der Waals surface area contributed by atoms with Gasteiger partial charge in [0.15, 0.2) is 0 Å². The lowest BCUT2D eigenvalue weighted by Gasteiger charge is -2.33. The van der Waals surface area contributed by atoms with Crippen LogP contribution in [0.25, 0.3) is 22.4 Å². The molecule has 1 aliphatic carbocycles. The Morgan fingerprint density at radius 3 is 2.41 bits per heavy atom. The first-order valence-corrected chi connectivity index (χ1v) is 15.9. The molecule has 10 nitrogen and oxygen atoms in total. The quantitative estimate of drug-likeness (QED) is 0.305. The van der Waals surface area contributed by atoms with Gasteiger partial charge in [-0.1, -0.05) is 36.2 Å². The number of carbonyl (C=O) groups is 2. The zero-order chi connectivity index (χ0) is 29.4. The number of nitrogens with one attached hydrogen (secondary N) is 1. The van der Waals surface area contributed by atoms with E-state index < -0.39 is 21.4 Å². The summed E-state index contributed by atoms with van der Waals surface area (Å²) in [5.41, 5.74) is 2.30. The van der Waals surface area contributed by atoms with E-state index in [9.17, 15) is 23.1 Å². The number of amides is 1. The fourth-order valence-electron chi connectivity index (χ4n) is 5.66. The molecule has 3 aromatic rings. The molecule has 1 saturated carbocycles. The number of anilines is 1. The number of pyridine rings is 1. The molecular weight excluding hydrogens is 546 g/mol. The van der Waals surface area contributed by atoms with E-state index in [0.29, 0.717) is 67.8 Å². The molecule has 2 aromatic heterocycles. The second-order valence-corrected chi connectivity index (χ2v) is 13.2. The van der Waals surface area contributed by atoms with Crippen molar-refractivity contribution < 1.29 is 32.3 Å². The van der Waals surface area contributed by atoms with E-state index in [-0.39, 0.29) is 24.1 Å². The van der Waals surface area contributed by atoms with Crippen LogP contribution in [0.4, 0.5) is 5.82 Å². The van der Waals surface area contributed by atoms with E-state index in [4.69, 9.17) is 14.1 Å². The minimum atomic E-state index is -3.72. The molecule has 220 valence electrons. The number of carboxylic acids is 1. The normalized spacial score (nSPS) is 17.0. The number of fused-ring (bicyclic) bond motifs is 1. The molecule has 11 heteroatoms. The number of carboxylic acid groups (broad SMARTS) is 1. The lowest BCUT2D eigenvalue weighted by Crippen LogP contribution is -2.37. The third-order valence-corrected chi connectivity index (χ3v) is 9.44. The zero-order valence-corrected chi connectivity index (χ0v) is 24.6. The van der Waals surface area contributed by atoms with Crippen molar-refractivity contribution in [3.8, 4) is 11.3 Å². The Balaban J connectivity index is 1.50. The predicted octanol–water partition coefficient (Wildman–Crippen LogP) is 4.86. The largest absolute Gasteiger partial charge is 0.481 e. The van der Waals surface area contributed by atoms with Crippen LogP contribution in [-0.2, 0) is 19.6 Å². The Morgan fingerprint density at radius 1 is 1.15 bits per heavy atom. The van der Waals surface area contributed by atoms with Gasteiger partial charge < -0.3 is 19.6 Å². The lowest BCUT2D eigenvalue weighted by molar-refractivity contribution is -0.155. The fraction of sp³-hybridized carbons (Fsp3) is 0.500. The van der Waals surface area contributed by atoms with Crippen molar-refractivity contribution in [3.63, 3.8) is 0 Å². The van der Waals surface area contributed by atoms with Crippen molar-refractivity contribution >= 4 is 38.8 Å². The number of unbranched alkanes of at least 4 members (excludes halogenated alkanes) is 1. The van der Waals surface area contributed by atoms with Gasteiger partial charge in [0.25, 0.3) is 5.91 Å². The molecule has 5 rings (SSSR count). The van der Waals surface area contributed by atoms with Gasteiger partial charge in [0.1, 0.15) is 11.6 Å². The maximum absolute atomic E-state index is 13.1. The summed E-state index contributed by atoms with van der Waals surface area (Å²) >= 11 is 0. The van der Waals surface area contributed by atoms with E-state index in [1.165, 1.54) is 4.31 Å². The molecule has 1 amide bonds. The number of sulfonamides is 1. The van der Waals surface area contributed by atoms with Gasteiger partial charge in [0.2, 0.25) is 15.7 Å². The van der Waals surface area contributed by atoms with Crippen molar-refractivity contribution in [3.05, 3.63) is 47.0 Å². The standard InChI is InChI=1S/C30H37N3O7S/c1-19-6-8-21(9-7-19)25-24(27(34)31-2)23-18-22(20-10-11-20)26(32-28(23)40-25)33(41(3,37)38)15-5-4-12-30(29(35)36)13-16-39-17-14-30/h6-9,18,20H,4-5,10-17H2,1-3H3,(H,31,34)(H,35,36). The molecule has 0 spiro atoms. The molecule has 0 bridgehead atoms. The molecule has 3 heterocycles. The number of ether oxygens (including phenoxy) is 1. The highest BCUT2D eigenvalue weighted by atomic mass is 32.2. The molecule has 0 radical (unpaired) electrons. The topological polar surface area (TPSA) is 139 Å². The van der Waals surface area contributed by atoms with Gasteiger partial charge in [0.05, 0.1) is 22.6 Å². The SMILES string of the molecule is CNC(=O)c1c(-c2ccc(C)cc2)oc2nc(N(CCCCC3(C(=O)O)CCOCC3)S(C)(=O)=O)c(C3CC3)cc12. The molecule has 0 atom stereocenters. The van der Waals surface area contributed by atoms with Crippen LogP contribution in [0, 0.1) is 12.3 Å². The van der Waals surface area contributed by atoms with Crippen molar-refractivity contribution in [2.75, 3.05) is 37.4 Å². The third kappa shape index (κ3) is 5.97. The Hall–Kier alpha value is -3.44. The fourth-order valence-corrected chi connectivity index (χ4v) is 6.58. The first kappa shape index (κ1) is 29.1. The van der Waals surface area contributed by atoms with Crippen LogP contribution in [0.3, 0.4) is 0 Å². The predicted molar refractivity (Wildman–Crippen MR) is 156 cm³/mol. The van der Waals surface area contributed by atoms with Crippen LogP contribution in [0.15, 0.2) is 34.7 Å². The van der Waals surface area contributed by atoms with Gasteiger partial charge in [0, 0.05) is 32.4 Å². The number of furan rings is 1. The third-order valence-electron chi connectivity index (χ3n) is 8.28. The number of carbonyl (C=O) groups excluding carboxylic acids is 1. The summed E-state index contributed by atoms with van der Waals surface area (Å²) in [6, 6.07) is 9.50. The number of aryl methyl sites for hydroxylation is 1. The molecular formula is C30H37N3O7S. The van der Waals surface area contributed by atoms with Gasteiger partial charge in [-0.3, -0.25) is 13.9 Å². The molecule has 2 N–H and O–H groups in total. The average molecular weight is 584 g/mol. The molecule has 2 aliphatic rings.